The van der Waals surface area contributed by atoms with Crippen LogP contribution in [0.25, 0.3) is 0 Å². The van der Waals surface area contributed by atoms with Gasteiger partial charge in [0.05, 0.1) is 18.2 Å². The van der Waals surface area contributed by atoms with Crippen LogP contribution in [0.15, 0.2) is 0 Å². The molecule has 0 saturated heterocycles. The number of hydrogen-bond acceptors (Lipinski definition) is 4. The van der Waals surface area contributed by atoms with E-state index >= 15 is 0 Å². The van der Waals surface area contributed by atoms with Crippen molar-refractivity contribution in [1.29, 1.82) is 0 Å². The van der Waals surface area contributed by atoms with Crippen molar-refractivity contribution in [3.8, 4) is 0 Å². The van der Waals surface area contributed by atoms with Crippen LogP contribution in [0.2, 0.25) is 0 Å². The average Bonchev–Trinajstić information content (AvgIpc) is 2.66. The molecule has 21 heavy (non-hydrogen) atoms. The van der Waals surface area contributed by atoms with Crippen molar-refractivity contribution >= 4 is 22.2 Å². The third kappa shape index (κ3) is 5.77. The largest absolute Gasteiger partial charge is 0.395 e. The molecule has 4 nitrogen and oxygen atoms in total. The number of rotatable bonds is 9. The Hall–Kier alpha value is -0.910. The van der Waals surface area contributed by atoms with Gasteiger partial charge in [-0.2, -0.15) is 0 Å². The Balaban J connectivity index is 2.54. The molecule has 0 radical (unpaired) electrons. The van der Waals surface area contributed by atoms with Crippen molar-refractivity contribution in [3.63, 3.8) is 0 Å². The van der Waals surface area contributed by atoms with Crippen LogP contribution in [-0.4, -0.2) is 42.2 Å². The number of carbonyl (C=O) groups is 1. The summed E-state index contributed by atoms with van der Waals surface area (Å²) in [6, 6.07) is 0. The van der Waals surface area contributed by atoms with Crippen LogP contribution in [0.1, 0.15) is 42.2 Å². The molecule has 2 N–H and O–H groups in total. The molecular formula is C16H28N2O2S. The van der Waals surface area contributed by atoms with Crippen LogP contribution < -0.4 is 5.32 Å². The van der Waals surface area contributed by atoms with Gasteiger partial charge in [-0.15, -0.1) is 11.3 Å². The normalized spacial score (nSPS) is 11.1. The molecule has 0 spiro atoms. The number of nitrogens with one attached hydrogen (secondary N) is 1. The Kier molecular flexibility index (Phi) is 7.93. The number of amides is 1. The molecule has 5 heteroatoms. The molecule has 0 saturated carbocycles. The highest BCUT2D eigenvalue weighted by atomic mass is 32.1. The molecule has 1 aromatic rings. The molecule has 1 amide bonds. The van der Waals surface area contributed by atoms with Gasteiger partial charge in [-0.25, -0.2) is 0 Å². The van der Waals surface area contributed by atoms with Crippen LogP contribution in [-0.2, 0) is 4.79 Å². The second-order valence-electron chi connectivity index (χ2n) is 5.49. The predicted octanol–water partition coefficient (Wildman–Crippen LogP) is 3.10. The Morgan fingerprint density at radius 1 is 1.19 bits per heavy atom. The Morgan fingerprint density at radius 3 is 2.43 bits per heavy atom. The van der Waals surface area contributed by atoms with Gasteiger partial charge in [-0.1, -0.05) is 19.8 Å². The molecule has 0 fully saturated rings. The maximum absolute atomic E-state index is 12.2. The number of hydrogen-bond donors (Lipinski definition) is 2. The van der Waals surface area contributed by atoms with Gasteiger partial charge in [0.1, 0.15) is 0 Å². The van der Waals surface area contributed by atoms with Gasteiger partial charge in [0.25, 0.3) is 0 Å². The fraction of sp³-hybridized carbons (Fsp3) is 0.688. The first-order chi connectivity index (χ1) is 9.99. The van der Waals surface area contributed by atoms with Crippen LogP contribution in [0.4, 0.5) is 5.00 Å². The van der Waals surface area contributed by atoms with Crippen molar-refractivity contribution in [2.24, 2.45) is 0 Å². The number of aliphatic hydroxyl groups is 1. The number of carbonyl (C=O) groups excluding carboxylic acids is 1. The van der Waals surface area contributed by atoms with Crippen molar-refractivity contribution in [1.82, 2.24) is 4.90 Å². The van der Waals surface area contributed by atoms with E-state index in [9.17, 15) is 4.79 Å². The van der Waals surface area contributed by atoms with Crippen molar-refractivity contribution in [2.75, 3.05) is 31.6 Å². The lowest BCUT2D eigenvalue weighted by molar-refractivity contribution is -0.117. The van der Waals surface area contributed by atoms with E-state index < -0.39 is 0 Å². The summed E-state index contributed by atoms with van der Waals surface area (Å²) in [5.74, 6) is 0.00398. The quantitative estimate of drug-likeness (QED) is 0.689. The molecule has 1 aromatic heterocycles. The highest BCUT2D eigenvalue weighted by molar-refractivity contribution is 7.16. The minimum Gasteiger partial charge on any atom is -0.395 e. The molecule has 0 aliphatic carbocycles. The Morgan fingerprint density at radius 2 is 1.90 bits per heavy atom. The standard InChI is InChI=1S/C16H28N2O2S/c1-5-6-7-8-18(9-10-19)11-15(20)17-16-13(3)12(2)14(4)21-16/h19H,5-11H2,1-4H3,(H,17,20). The summed E-state index contributed by atoms with van der Waals surface area (Å²) in [6.45, 7) is 10.2. The van der Waals surface area contributed by atoms with Gasteiger partial charge in [-0.05, 0) is 44.9 Å². The third-order valence-electron chi connectivity index (χ3n) is 3.80. The number of unbranched alkanes of at least 4 members (excludes halogenated alkanes) is 2. The maximum atomic E-state index is 12.2. The summed E-state index contributed by atoms with van der Waals surface area (Å²) in [5.41, 5.74) is 2.41. The minimum atomic E-state index is 0.00398. The van der Waals surface area contributed by atoms with Crippen molar-refractivity contribution in [2.45, 2.75) is 47.0 Å². The summed E-state index contributed by atoms with van der Waals surface area (Å²) < 4.78 is 0. The van der Waals surface area contributed by atoms with Gasteiger partial charge in [-0.3, -0.25) is 9.69 Å². The molecule has 0 aliphatic rings. The number of anilines is 1. The summed E-state index contributed by atoms with van der Waals surface area (Å²) in [5, 5.41) is 13.1. The van der Waals surface area contributed by atoms with E-state index in [1.54, 1.807) is 11.3 Å². The minimum absolute atomic E-state index is 0.00398. The number of aryl methyl sites for hydroxylation is 1. The fourth-order valence-electron chi connectivity index (χ4n) is 2.23. The average molecular weight is 312 g/mol. The summed E-state index contributed by atoms with van der Waals surface area (Å²) >= 11 is 1.63. The monoisotopic (exact) mass is 312 g/mol. The van der Waals surface area contributed by atoms with E-state index in [1.807, 2.05) is 11.8 Å². The van der Waals surface area contributed by atoms with E-state index in [0.29, 0.717) is 13.1 Å². The number of thiophene rings is 1. The SMILES string of the molecule is CCCCCN(CCO)CC(=O)Nc1sc(C)c(C)c1C. The summed E-state index contributed by atoms with van der Waals surface area (Å²) in [6.07, 6.45) is 3.39. The topological polar surface area (TPSA) is 52.6 Å². The van der Waals surface area contributed by atoms with Gasteiger partial charge >= 0.3 is 0 Å². The lowest BCUT2D eigenvalue weighted by Crippen LogP contribution is -2.35. The van der Waals surface area contributed by atoms with Gasteiger partial charge in [0.2, 0.25) is 5.91 Å². The van der Waals surface area contributed by atoms with Crippen molar-refractivity contribution < 1.29 is 9.90 Å². The van der Waals surface area contributed by atoms with Crippen LogP contribution in [0, 0.1) is 20.8 Å². The maximum Gasteiger partial charge on any atom is 0.239 e. The van der Waals surface area contributed by atoms with Crippen LogP contribution in [0.3, 0.4) is 0 Å². The highest BCUT2D eigenvalue weighted by Gasteiger charge is 2.14. The first-order valence-electron chi connectivity index (χ1n) is 7.69. The van der Waals surface area contributed by atoms with E-state index in [-0.39, 0.29) is 12.5 Å². The number of aliphatic hydroxyl groups excluding tert-OH is 1. The Labute approximate surface area is 132 Å². The lowest BCUT2D eigenvalue weighted by atomic mass is 10.2. The molecule has 120 valence electrons. The van der Waals surface area contributed by atoms with E-state index in [4.69, 9.17) is 5.11 Å². The molecule has 0 unspecified atom stereocenters. The first-order valence-corrected chi connectivity index (χ1v) is 8.50. The van der Waals surface area contributed by atoms with E-state index in [2.05, 4.69) is 26.1 Å². The molecule has 0 atom stereocenters. The fourth-order valence-corrected chi connectivity index (χ4v) is 3.31. The summed E-state index contributed by atoms with van der Waals surface area (Å²) in [4.78, 5) is 15.4. The Bertz CT molecular complexity index is 457. The predicted molar refractivity (Wildman–Crippen MR) is 90.2 cm³/mol. The van der Waals surface area contributed by atoms with Gasteiger partial charge < -0.3 is 10.4 Å². The number of nitrogens with zero attached hydrogens (tertiary/aromatic N) is 1. The van der Waals surface area contributed by atoms with Crippen LogP contribution in [0.5, 0.6) is 0 Å². The lowest BCUT2D eigenvalue weighted by Gasteiger charge is -2.20. The molecule has 1 rings (SSSR count). The summed E-state index contributed by atoms with van der Waals surface area (Å²) in [7, 11) is 0. The zero-order chi connectivity index (χ0) is 15.8. The highest BCUT2D eigenvalue weighted by Crippen LogP contribution is 2.31. The molecule has 0 bridgehead atoms. The zero-order valence-corrected chi connectivity index (χ0v) is 14.5. The second kappa shape index (κ2) is 9.18. The van der Waals surface area contributed by atoms with Crippen LogP contribution >= 0.6 is 11.3 Å². The smallest absolute Gasteiger partial charge is 0.239 e. The van der Waals surface area contributed by atoms with Gasteiger partial charge in [0, 0.05) is 11.4 Å². The van der Waals surface area contributed by atoms with Crippen molar-refractivity contribution in [3.05, 3.63) is 16.0 Å². The first kappa shape index (κ1) is 18.1. The third-order valence-corrected chi connectivity index (χ3v) is 5.03. The zero-order valence-electron chi connectivity index (χ0n) is 13.7. The molecule has 1 heterocycles. The van der Waals surface area contributed by atoms with Gasteiger partial charge in [0.15, 0.2) is 0 Å². The second-order valence-corrected chi connectivity index (χ2v) is 6.72. The molecular weight excluding hydrogens is 284 g/mol. The van der Waals surface area contributed by atoms with E-state index in [0.717, 1.165) is 36.4 Å². The molecule has 0 aliphatic heterocycles. The molecule has 0 aromatic carbocycles. The van der Waals surface area contributed by atoms with E-state index in [1.165, 1.54) is 10.4 Å².